The number of rotatable bonds is 9. The van der Waals surface area contributed by atoms with Crippen molar-refractivity contribution in [3.63, 3.8) is 0 Å². The van der Waals surface area contributed by atoms with Crippen molar-refractivity contribution in [2.24, 2.45) is 0 Å². The third-order valence-electron chi connectivity index (χ3n) is 5.29. The lowest BCUT2D eigenvalue weighted by atomic mass is 10.1. The molecule has 1 amide bonds. The summed E-state index contributed by atoms with van der Waals surface area (Å²) in [5, 5.41) is 0. The molecule has 0 radical (unpaired) electrons. The minimum Gasteiger partial charge on any atom is -0.331 e. The van der Waals surface area contributed by atoms with E-state index < -0.39 is 5.82 Å². The van der Waals surface area contributed by atoms with Gasteiger partial charge < -0.3 is 9.47 Å². The number of nitrogens with zero attached hydrogens (tertiary/aromatic N) is 3. The van der Waals surface area contributed by atoms with E-state index in [2.05, 4.69) is 24.5 Å². The van der Waals surface area contributed by atoms with Crippen LogP contribution >= 0.6 is 0 Å². The summed E-state index contributed by atoms with van der Waals surface area (Å²) in [6.45, 7) is 7.76. The Labute approximate surface area is 172 Å². The normalized spacial score (nSPS) is 11.2. The Bertz CT molecular complexity index is 979. The van der Waals surface area contributed by atoms with E-state index in [9.17, 15) is 9.18 Å². The van der Waals surface area contributed by atoms with Crippen molar-refractivity contribution < 1.29 is 9.18 Å². The number of benzene rings is 2. The summed E-state index contributed by atoms with van der Waals surface area (Å²) in [6.07, 6.45) is 3.96. The maximum atomic E-state index is 14.6. The molecule has 0 saturated carbocycles. The van der Waals surface area contributed by atoms with E-state index in [-0.39, 0.29) is 11.5 Å². The molecule has 0 bridgehead atoms. The molecule has 0 N–H and O–H groups in total. The fourth-order valence-electron chi connectivity index (χ4n) is 3.57. The van der Waals surface area contributed by atoms with E-state index in [1.807, 2.05) is 18.2 Å². The molecule has 0 spiro atoms. The highest BCUT2D eigenvalue weighted by atomic mass is 19.1. The summed E-state index contributed by atoms with van der Waals surface area (Å²) in [7, 11) is 0. The number of halogens is 1. The molecule has 0 aliphatic rings. The maximum absolute atomic E-state index is 14.6. The number of para-hydroxylation sites is 2. The summed E-state index contributed by atoms with van der Waals surface area (Å²) in [5.41, 5.74) is 2.64. The largest absolute Gasteiger partial charge is 0.331 e. The Morgan fingerprint density at radius 2 is 1.83 bits per heavy atom. The predicted molar refractivity (Wildman–Crippen MR) is 115 cm³/mol. The number of unbranched alkanes of at least 4 members (excludes halogenated alkanes) is 2. The zero-order valence-corrected chi connectivity index (χ0v) is 17.6. The maximum Gasteiger partial charge on any atom is 0.257 e. The van der Waals surface area contributed by atoms with Gasteiger partial charge in [-0.1, -0.05) is 51.0 Å². The number of amides is 1. The van der Waals surface area contributed by atoms with Crippen molar-refractivity contribution >= 4 is 16.9 Å². The minimum absolute atomic E-state index is 0.136. The van der Waals surface area contributed by atoms with Gasteiger partial charge in [0, 0.05) is 13.1 Å². The van der Waals surface area contributed by atoms with E-state index in [1.54, 1.807) is 30.0 Å². The summed E-state index contributed by atoms with van der Waals surface area (Å²) in [6, 6.07) is 13.1. The first-order valence-electron chi connectivity index (χ1n) is 10.5. The smallest absolute Gasteiger partial charge is 0.257 e. The molecule has 29 heavy (non-hydrogen) atoms. The molecule has 3 aromatic rings. The fraction of sp³-hybridized carbons (Fsp3) is 0.417. The first-order chi connectivity index (χ1) is 14.1. The molecule has 2 aromatic carbocycles. The van der Waals surface area contributed by atoms with Crippen molar-refractivity contribution in [2.75, 3.05) is 6.54 Å². The average Bonchev–Trinajstić information content (AvgIpc) is 3.08. The minimum atomic E-state index is -0.432. The second-order valence-corrected chi connectivity index (χ2v) is 7.54. The van der Waals surface area contributed by atoms with Crippen molar-refractivity contribution in [1.29, 1.82) is 0 Å². The SMILES string of the molecule is CCCCN(Cc1nc2ccccc2n1CCCC)C(=O)c1cccc(C)c1F. The highest BCUT2D eigenvalue weighted by Gasteiger charge is 2.22. The highest BCUT2D eigenvalue weighted by molar-refractivity contribution is 5.94. The van der Waals surface area contributed by atoms with Gasteiger partial charge in [0.25, 0.3) is 5.91 Å². The molecule has 154 valence electrons. The van der Waals surface area contributed by atoms with E-state index in [4.69, 9.17) is 4.98 Å². The lowest BCUT2D eigenvalue weighted by molar-refractivity contribution is 0.0730. The van der Waals surface area contributed by atoms with Gasteiger partial charge in [-0.15, -0.1) is 0 Å². The molecule has 0 aliphatic heterocycles. The third-order valence-corrected chi connectivity index (χ3v) is 5.29. The van der Waals surface area contributed by atoms with E-state index in [1.165, 1.54) is 0 Å². The van der Waals surface area contributed by atoms with Gasteiger partial charge >= 0.3 is 0 Å². The van der Waals surface area contributed by atoms with Gasteiger partial charge in [-0.2, -0.15) is 0 Å². The molecule has 3 rings (SSSR count). The Hall–Kier alpha value is -2.69. The molecule has 1 heterocycles. The number of imidazole rings is 1. The molecule has 0 aliphatic carbocycles. The molecule has 5 heteroatoms. The number of fused-ring (bicyclic) bond motifs is 1. The first kappa shape index (κ1) is 21.0. The van der Waals surface area contributed by atoms with Crippen molar-refractivity contribution in [3.8, 4) is 0 Å². The molecule has 0 fully saturated rings. The van der Waals surface area contributed by atoms with Crippen LogP contribution in [-0.2, 0) is 13.1 Å². The van der Waals surface area contributed by atoms with Gasteiger partial charge in [0.1, 0.15) is 11.6 Å². The van der Waals surface area contributed by atoms with Gasteiger partial charge in [-0.3, -0.25) is 4.79 Å². The molecule has 0 saturated heterocycles. The number of aromatic nitrogens is 2. The second-order valence-electron chi connectivity index (χ2n) is 7.54. The van der Waals surface area contributed by atoms with Crippen LogP contribution in [0.1, 0.15) is 61.3 Å². The number of hydrogen-bond acceptors (Lipinski definition) is 2. The van der Waals surface area contributed by atoms with Crippen LogP contribution in [0, 0.1) is 12.7 Å². The van der Waals surface area contributed by atoms with E-state index in [0.717, 1.165) is 49.1 Å². The Balaban J connectivity index is 1.96. The third kappa shape index (κ3) is 4.66. The quantitative estimate of drug-likeness (QED) is 0.464. The van der Waals surface area contributed by atoms with Gasteiger partial charge in [-0.05, 0) is 43.5 Å². The molecular formula is C24H30FN3O. The van der Waals surface area contributed by atoms with Crippen molar-refractivity contribution in [1.82, 2.24) is 14.5 Å². The second kappa shape index (κ2) is 9.68. The average molecular weight is 396 g/mol. The lowest BCUT2D eigenvalue weighted by Gasteiger charge is -2.23. The molecule has 0 atom stereocenters. The summed E-state index contributed by atoms with van der Waals surface area (Å²) < 4.78 is 16.8. The number of carbonyl (C=O) groups is 1. The Morgan fingerprint density at radius 1 is 1.07 bits per heavy atom. The van der Waals surface area contributed by atoms with Crippen molar-refractivity contribution in [3.05, 3.63) is 65.2 Å². The zero-order chi connectivity index (χ0) is 20.8. The fourth-order valence-corrected chi connectivity index (χ4v) is 3.57. The molecule has 1 aromatic heterocycles. The van der Waals surface area contributed by atoms with Gasteiger partial charge in [-0.25, -0.2) is 9.37 Å². The van der Waals surface area contributed by atoms with Gasteiger partial charge in [0.15, 0.2) is 0 Å². The molecule has 0 unspecified atom stereocenters. The first-order valence-corrected chi connectivity index (χ1v) is 10.5. The molecule has 4 nitrogen and oxygen atoms in total. The zero-order valence-electron chi connectivity index (χ0n) is 17.6. The summed E-state index contributed by atoms with van der Waals surface area (Å²) >= 11 is 0. The summed E-state index contributed by atoms with van der Waals surface area (Å²) in [5.74, 6) is 0.157. The lowest BCUT2D eigenvalue weighted by Crippen LogP contribution is -2.33. The van der Waals surface area contributed by atoms with Crippen LogP contribution in [0.15, 0.2) is 42.5 Å². The van der Waals surface area contributed by atoms with Crippen LogP contribution in [0.5, 0.6) is 0 Å². The molecular weight excluding hydrogens is 365 g/mol. The van der Waals surface area contributed by atoms with Crippen LogP contribution in [0.25, 0.3) is 11.0 Å². The summed E-state index contributed by atoms with van der Waals surface area (Å²) in [4.78, 5) is 19.8. The number of hydrogen-bond donors (Lipinski definition) is 0. The Morgan fingerprint density at radius 3 is 2.59 bits per heavy atom. The number of carbonyl (C=O) groups excluding carboxylic acids is 1. The van der Waals surface area contributed by atoms with E-state index >= 15 is 0 Å². The predicted octanol–water partition coefficient (Wildman–Crippen LogP) is 5.73. The van der Waals surface area contributed by atoms with Crippen LogP contribution in [0.2, 0.25) is 0 Å². The standard InChI is InChI=1S/C24H30FN3O/c1-4-6-15-27(24(29)19-12-10-11-18(3)23(19)25)17-22-26-20-13-8-9-14-21(20)28(22)16-7-5-2/h8-14H,4-7,15-17H2,1-3H3. The van der Waals surface area contributed by atoms with Crippen LogP contribution in [-0.4, -0.2) is 26.9 Å². The van der Waals surface area contributed by atoms with Crippen LogP contribution < -0.4 is 0 Å². The van der Waals surface area contributed by atoms with Gasteiger partial charge in [0.05, 0.1) is 23.1 Å². The highest BCUT2D eigenvalue weighted by Crippen LogP contribution is 2.21. The van der Waals surface area contributed by atoms with Gasteiger partial charge in [0.2, 0.25) is 0 Å². The topological polar surface area (TPSA) is 38.1 Å². The Kier molecular flexibility index (Phi) is 7.02. The number of aryl methyl sites for hydroxylation is 2. The van der Waals surface area contributed by atoms with Crippen molar-refractivity contribution in [2.45, 2.75) is 59.5 Å². The monoisotopic (exact) mass is 395 g/mol. The van der Waals surface area contributed by atoms with E-state index in [0.29, 0.717) is 18.7 Å². The van der Waals surface area contributed by atoms with Crippen LogP contribution in [0.3, 0.4) is 0 Å². The van der Waals surface area contributed by atoms with Crippen LogP contribution in [0.4, 0.5) is 4.39 Å².